The molecule has 0 amide bonds. The summed E-state index contributed by atoms with van der Waals surface area (Å²) in [7, 11) is 0. The van der Waals surface area contributed by atoms with Gasteiger partial charge in [0.2, 0.25) is 5.88 Å². The van der Waals surface area contributed by atoms with Crippen molar-refractivity contribution >= 4 is 27.6 Å². The molecule has 0 fully saturated rings. The maximum absolute atomic E-state index is 10.8. The first-order valence-electron chi connectivity index (χ1n) is 6.91. The van der Waals surface area contributed by atoms with Crippen LogP contribution in [0.3, 0.4) is 0 Å². The summed E-state index contributed by atoms with van der Waals surface area (Å²) < 4.78 is 6.21. The Bertz CT molecular complexity index is 973. The molecule has 0 saturated heterocycles. The zero-order valence-corrected chi connectivity index (χ0v) is 14.3. The van der Waals surface area contributed by atoms with Gasteiger partial charge in [-0.15, -0.1) is 0 Å². The average Bonchev–Trinajstić information content (AvgIpc) is 3.04. The Morgan fingerprint density at radius 3 is 2.88 bits per heavy atom. The van der Waals surface area contributed by atoms with Crippen LogP contribution in [0.1, 0.15) is 18.4 Å². The molecule has 2 heterocycles. The van der Waals surface area contributed by atoms with Crippen molar-refractivity contribution in [3.63, 3.8) is 0 Å². The van der Waals surface area contributed by atoms with Gasteiger partial charge in [0.15, 0.2) is 0 Å². The Labute approximate surface area is 149 Å². The molecule has 1 aromatic carbocycles. The van der Waals surface area contributed by atoms with Crippen LogP contribution in [0.5, 0.6) is 0 Å². The molecule has 0 bridgehead atoms. The average molecular weight is 404 g/mol. The first-order valence-corrected chi connectivity index (χ1v) is 7.70. The van der Waals surface area contributed by atoms with Gasteiger partial charge < -0.3 is 20.6 Å². The molecule has 25 heavy (non-hydrogen) atoms. The highest BCUT2D eigenvalue weighted by atomic mass is 79.9. The number of halogens is 1. The minimum Gasteiger partial charge on any atom is -0.443 e. The van der Waals surface area contributed by atoms with Crippen molar-refractivity contribution in [3.8, 4) is 6.07 Å². The third-order valence-electron chi connectivity index (χ3n) is 3.54. The molecule has 1 aromatic heterocycles. The molecule has 3 rings (SSSR count). The highest BCUT2D eigenvalue weighted by Crippen LogP contribution is 2.41. The van der Waals surface area contributed by atoms with Crippen LogP contribution in [-0.4, -0.2) is 25.1 Å². The molecular formula is C14H10BrN7O3. The van der Waals surface area contributed by atoms with E-state index in [1.54, 1.807) is 25.1 Å². The summed E-state index contributed by atoms with van der Waals surface area (Å²) >= 11 is 3.38. The Balaban J connectivity index is 2.21. The van der Waals surface area contributed by atoms with Crippen LogP contribution in [0.2, 0.25) is 0 Å². The molecule has 0 radical (unpaired) electrons. The fraction of sp³-hybridized carbons (Fsp3) is 0.143. The highest BCUT2D eigenvalue weighted by molar-refractivity contribution is 9.10. The van der Waals surface area contributed by atoms with Gasteiger partial charge in [-0.25, -0.2) is 0 Å². The van der Waals surface area contributed by atoms with Crippen molar-refractivity contribution in [1.82, 2.24) is 20.2 Å². The minimum atomic E-state index is -0.757. The molecule has 1 aliphatic rings. The molecule has 0 saturated carbocycles. The second-order valence-corrected chi connectivity index (χ2v) is 5.97. The number of aromatic nitrogens is 4. The fourth-order valence-corrected chi connectivity index (χ4v) is 2.94. The van der Waals surface area contributed by atoms with Crippen LogP contribution in [0, 0.1) is 21.4 Å². The summed E-state index contributed by atoms with van der Waals surface area (Å²) in [6, 6.07) is 9.25. The van der Waals surface area contributed by atoms with Gasteiger partial charge >= 0.3 is 5.95 Å². The van der Waals surface area contributed by atoms with E-state index in [9.17, 15) is 15.4 Å². The quantitative estimate of drug-likeness (QED) is 0.604. The van der Waals surface area contributed by atoms with E-state index in [1.165, 1.54) is 0 Å². The van der Waals surface area contributed by atoms with Crippen LogP contribution >= 0.6 is 15.9 Å². The third-order valence-corrected chi connectivity index (χ3v) is 4.03. The monoisotopic (exact) mass is 403 g/mol. The number of allylic oxidation sites excluding steroid dienone is 3. The maximum Gasteiger partial charge on any atom is 0.515 e. The number of nitrogens with zero attached hydrogens (tertiary/aromatic N) is 6. The van der Waals surface area contributed by atoms with E-state index >= 15 is 0 Å². The summed E-state index contributed by atoms with van der Waals surface area (Å²) in [4.78, 5) is 11.1. The standard InChI is InChI=1S/C14H10BrN7O3/c1-7-12(21-19-14(18-20-21)22(23)24)11(10(6-16)13(17)25-7)8-3-2-4-9(15)5-8/h2-5,11H,17H2,1H3/t11-/m1/s1. The summed E-state index contributed by atoms with van der Waals surface area (Å²) in [6.45, 7) is 1.61. The van der Waals surface area contributed by atoms with Crippen molar-refractivity contribution < 1.29 is 9.66 Å². The van der Waals surface area contributed by atoms with E-state index < -0.39 is 16.8 Å². The van der Waals surface area contributed by atoms with Crippen molar-refractivity contribution in [2.24, 2.45) is 5.73 Å². The first kappa shape index (κ1) is 16.6. The number of nitro groups is 1. The van der Waals surface area contributed by atoms with E-state index in [0.717, 1.165) is 9.27 Å². The molecule has 0 spiro atoms. The van der Waals surface area contributed by atoms with Crippen LogP contribution in [0.25, 0.3) is 5.70 Å². The third kappa shape index (κ3) is 2.94. The van der Waals surface area contributed by atoms with Crippen molar-refractivity contribution in [3.05, 3.63) is 61.6 Å². The molecule has 1 atom stereocenters. The van der Waals surface area contributed by atoms with Crippen LogP contribution < -0.4 is 5.73 Å². The molecule has 10 nitrogen and oxygen atoms in total. The number of rotatable bonds is 3. The summed E-state index contributed by atoms with van der Waals surface area (Å²) in [5, 5.41) is 31.2. The molecular weight excluding hydrogens is 394 g/mol. The van der Waals surface area contributed by atoms with Gasteiger partial charge in [-0.2, -0.15) is 5.26 Å². The highest BCUT2D eigenvalue weighted by Gasteiger charge is 2.36. The largest absolute Gasteiger partial charge is 0.515 e. The van der Waals surface area contributed by atoms with Crippen LogP contribution in [0.4, 0.5) is 5.95 Å². The molecule has 0 unspecified atom stereocenters. The number of nitrogens with two attached hydrogens (primary N) is 1. The van der Waals surface area contributed by atoms with Gasteiger partial charge in [0.1, 0.15) is 23.1 Å². The van der Waals surface area contributed by atoms with E-state index in [2.05, 4.69) is 31.3 Å². The van der Waals surface area contributed by atoms with E-state index in [-0.39, 0.29) is 11.5 Å². The van der Waals surface area contributed by atoms with Gasteiger partial charge in [-0.3, -0.25) is 0 Å². The SMILES string of the molecule is CC1=C(n2nnc([N+](=O)[O-])n2)[C@H](c2cccc(Br)c2)C(C#N)=C(N)O1. The van der Waals surface area contributed by atoms with Gasteiger partial charge in [0.05, 0.1) is 21.3 Å². The van der Waals surface area contributed by atoms with Crippen molar-refractivity contribution in [2.75, 3.05) is 0 Å². The zero-order valence-electron chi connectivity index (χ0n) is 12.8. The number of hydrogen-bond donors (Lipinski definition) is 1. The summed E-state index contributed by atoms with van der Waals surface area (Å²) in [5.74, 6) is -1.04. The first-order chi connectivity index (χ1) is 11.9. The van der Waals surface area contributed by atoms with Gasteiger partial charge in [0, 0.05) is 4.47 Å². The van der Waals surface area contributed by atoms with Crippen molar-refractivity contribution in [1.29, 1.82) is 5.26 Å². The molecule has 11 heteroatoms. The number of nitriles is 1. The lowest BCUT2D eigenvalue weighted by Crippen LogP contribution is -2.23. The number of ether oxygens (including phenoxy) is 1. The Hall–Kier alpha value is -3.26. The number of tetrazole rings is 1. The molecule has 0 aliphatic carbocycles. The predicted octanol–water partition coefficient (Wildman–Crippen LogP) is 2.04. The van der Waals surface area contributed by atoms with E-state index in [1.807, 2.05) is 12.1 Å². The van der Waals surface area contributed by atoms with Gasteiger partial charge in [-0.05, 0) is 29.5 Å². The van der Waals surface area contributed by atoms with E-state index in [4.69, 9.17) is 10.5 Å². The minimum absolute atomic E-state index is 0.0386. The Kier molecular flexibility index (Phi) is 4.20. The Morgan fingerprint density at radius 1 is 1.52 bits per heavy atom. The topological polar surface area (TPSA) is 146 Å². The fourth-order valence-electron chi connectivity index (χ4n) is 2.52. The maximum atomic E-state index is 10.8. The lowest BCUT2D eigenvalue weighted by molar-refractivity contribution is -0.394. The van der Waals surface area contributed by atoms with Gasteiger partial charge in [0.25, 0.3) is 0 Å². The molecule has 2 N–H and O–H groups in total. The molecule has 126 valence electrons. The lowest BCUT2D eigenvalue weighted by atomic mass is 9.87. The smallest absolute Gasteiger partial charge is 0.443 e. The number of benzene rings is 1. The number of hydrogen-bond acceptors (Lipinski definition) is 8. The van der Waals surface area contributed by atoms with Gasteiger partial charge in [-0.1, -0.05) is 32.9 Å². The van der Waals surface area contributed by atoms with Crippen molar-refractivity contribution in [2.45, 2.75) is 12.8 Å². The lowest BCUT2D eigenvalue weighted by Gasteiger charge is -2.25. The Morgan fingerprint density at radius 2 is 2.28 bits per heavy atom. The predicted molar refractivity (Wildman–Crippen MR) is 88.2 cm³/mol. The molecule has 1 aliphatic heterocycles. The molecule has 2 aromatic rings. The normalized spacial score (nSPS) is 17.2. The second-order valence-electron chi connectivity index (χ2n) is 5.06. The second kappa shape index (κ2) is 6.33. The zero-order chi connectivity index (χ0) is 18.1. The summed E-state index contributed by atoms with van der Waals surface area (Å²) in [5.41, 5.74) is 7.04. The summed E-state index contributed by atoms with van der Waals surface area (Å²) in [6.07, 6.45) is 0. The van der Waals surface area contributed by atoms with Crippen LogP contribution in [0.15, 0.2) is 46.0 Å². The van der Waals surface area contributed by atoms with E-state index in [0.29, 0.717) is 17.0 Å². The van der Waals surface area contributed by atoms with Crippen LogP contribution in [-0.2, 0) is 4.74 Å².